The Kier molecular flexibility index (Phi) is 2.35. The molecule has 0 aromatic carbocycles. The number of nitrogens with zero attached hydrogens (tertiary/aromatic N) is 5. The zero-order chi connectivity index (χ0) is 10.1. The maximum atomic E-state index is 5.82. The lowest BCUT2D eigenvalue weighted by molar-refractivity contribution is 0.873. The van der Waals surface area contributed by atoms with Gasteiger partial charge in [-0.3, -0.25) is 4.57 Å². The average Bonchev–Trinajstić information content (AvgIpc) is 2.56. The van der Waals surface area contributed by atoms with Crippen LogP contribution in [-0.2, 0) is 0 Å². The van der Waals surface area contributed by atoms with E-state index in [9.17, 15) is 0 Å². The maximum Gasteiger partial charge on any atom is 0.245 e. The van der Waals surface area contributed by atoms with Gasteiger partial charge in [0.1, 0.15) is 5.82 Å². The number of hydrogen-bond acceptors (Lipinski definition) is 4. The fourth-order valence-corrected chi connectivity index (χ4v) is 1.33. The van der Waals surface area contributed by atoms with Crippen molar-refractivity contribution in [2.75, 3.05) is 0 Å². The predicted octanol–water partition coefficient (Wildman–Crippen LogP) is 1.67. The molecule has 7 heteroatoms. The molecule has 0 aliphatic heterocycles. The van der Waals surface area contributed by atoms with Crippen molar-refractivity contribution in [3.63, 3.8) is 0 Å². The van der Waals surface area contributed by atoms with E-state index in [-0.39, 0.29) is 10.4 Å². The number of imidazole rings is 1. The van der Waals surface area contributed by atoms with Crippen LogP contribution in [0.15, 0.2) is 12.4 Å². The summed E-state index contributed by atoms with van der Waals surface area (Å²) in [4.78, 5) is 8.00. The highest BCUT2D eigenvalue weighted by molar-refractivity contribution is 6.31. The summed E-state index contributed by atoms with van der Waals surface area (Å²) in [6, 6.07) is 0. The molecule has 0 atom stereocenters. The molecule has 0 aliphatic carbocycles. The molecule has 0 radical (unpaired) electrons. The average molecular weight is 230 g/mol. The Morgan fingerprint density at radius 1 is 1.29 bits per heavy atom. The van der Waals surface area contributed by atoms with Crippen molar-refractivity contribution in [2.45, 2.75) is 6.92 Å². The zero-order valence-electron chi connectivity index (χ0n) is 7.15. The Labute approximate surface area is 89.7 Å². The van der Waals surface area contributed by atoms with Gasteiger partial charge in [0.05, 0.1) is 0 Å². The van der Waals surface area contributed by atoms with Crippen LogP contribution < -0.4 is 0 Å². The van der Waals surface area contributed by atoms with Crippen molar-refractivity contribution in [2.24, 2.45) is 0 Å². The Hall–Kier alpha value is -1.20. The third kappa shape index (κ3) is 1.56. The first-order chi connectivity index (χ1) is 6.68. The number of rotatable bonds is 1. The van der Waals surface area contributed by atoms with Gasteiger partial charge in [0.15, 0.2) is 11.0 Å². The van der Waals surface area contributed by atoms with Crippen LogP contribution in [0.5, 0.6) is 0 Å². The van der Waals surface area contributed by atoms with Gasteiger partial charge < -0.3 is 0 Å². The lowest BCUT2D eigenvalue weighted by atomic mass is 10.6. The molecular weight excluding hydrogens is 225 g/mol. The lowest BCUT2D eigenvalue weighted by Crippen LogP contribution is -2.03. The maximum absolute atomic E-state index is 5.82. The van der Waals surface area contributed by atoms with Gasteiger partial charge in [-0.05, 0) is 18.5 Å². The molecule has 0 amide bonds. The lowest BCUT2D eigenvalue weighted by Gasteiger charge is -2.04. The highest BCUT2D eigenvalue weighted by Crippen LogP contribution is 2.16. The van der Waals surface area contributed by atoms with E-state index < -0.39 is 0 Å². The van der Waals surface area contributed by atoms with Crippen molar-refractivity contribution < 1.29 is 0 Å². The monoisotopic (exact) mass is 229 g/mol. The molecule has 14 heavy (non-hydrogen) atoms. The van der Waals surface area contributed by atoms with E-state index in [1.807, 2.05) is 6.92 Å². The van der Waals surface area contributed by atoms with E-state index in [1.165, 1.54) is 0 Å². The molecule has 0 bridgehead atoms. The first-order valence-electron chi connectivity index (χ1n) is 3.74. The van der Waals surface area contributed by atoms with Gasteiger partial charge in [0.25, 0.3) is 0 Å². The van der Waals surface area contributed by atoms with Crippen LogP contribution in [0.25, 0.3) is 5.82 Å². The molecule has 0 spiro atoms. The number of aromatic nitrogens is 5. The normalized spacial score (nSPS) is 10.5. The molecule has 0 N–H and O–H groups in total. The second-order valence-electron chi connectivity index (χ2n) is 2.54. The number of aryl methyl sites for hydroxylation is 1. The minimum Gasteiger partial charge on any atom is -0.285 e. The van der Waals surface area contributed by atoms with Gasteiger partial charge in [0.2, 0.25) is 5.28 Å². The van der Waals surface area contributed by atoms with Gasteiger partial charge in [0, 0.05) is 12.4 Å². The summed E-state index contributed by atoms with van der Waals surface area (Å²) in [5.41, 5.74) is 0. The second kappa shape index (κ2) is 3.51. The fraction of sp³-hybridized carbons (Fsp3) is 0.143. The van der Waals surface area contributed by atoms with E-state index in [0.29, 0.717) is 5.82 Å². The summed E-state index contributed by atoms with van der Waals surface area (Å²) < 4.78 is 1.68. The Morgan fingerprint density at radius 2 is 2.07 bits per heavy atom. The van der Waals surface area contributed by atoms with Gasteiger partial charge in [-0.25, -0.2) is 4.98 Å². The number of hydrogen-bond donors (Lipinski definition) is 0. The first kappa shape index (κ1) is 9.36. The predicted molar refractivity (Wildman–Crippen MR) is 51.7 cm³/mol. The SMILES string of the molecule is Cc1nccn1-c1nc(Cl)nnc1Cl. The topological polar surface area (TPSA) is 56.5 Å². The third-order valence-corrected chi connectivity index (χ3v) is 2.06. The van der Waals surface area contributed by atoms with Crippen molar-refractivity contribution in [1.82, 2.24) is 24.7 Å². The zero-order valence-corrected chi connectivity index (χ0v) is 8.66. The smallest absolute Gasteiger partial charge is 0.245 e. The first-order valence-corrected chi connectivity index (χ1v) is 4.50. The summed E-state index contributed by atoms with van der Waals surface area (Å²) in [6.07, 6.45) is 3.36. The van der Waals surface area contributed by atoms with E-state index in [2.05, 4.69) is 20.2 Å². The molecule has 0 unspecified atom stereocenters. The van der Waals surface area contributed by atoms with Crippen molar-refractivity contribution in [1.29, 1.82) is 0 Å². The van der Waals surface area contributed by atoms with Gasteiger partial charge >= 0.3 is 0 Å². The molecule has 72 valence electrons. The largest absolute Gasteiger partial charge is 0.285 e. The second-order valence-corrected chi connectivity index (χ2v) is 3.24. The third-order valence-electron chi connectivity index (χ3n) is 1.66. The van der Waals surface area contributed by atoms with Crippen LogP contribution in [0.1, 0.15) is 5.82 Å². The summed E-state index contributed by atoms with van der Waals surface area (Å²) in [5, 5.41) is 7.41. The highest BCUT2D eigenvalue weighted by Gasteiger charge is 2.09. The summed E-state index contributed by atoms with van der Waals surface area (Å²) in [5.74, 6) is 1.19. The van der Waals surface area contributed by atoms with Crippen molar-refractivity contribution in [3.05, 3.63) is 28.7 Å². The molecule has 0 saturated carbocycles. The molecule has 0 aliphatic rings. The molecule has 2 rings (SSSR count). The van der Waals surface area contributed by atoms with Crippen LogP contribution in [0.4, 0.5) is 0 Å². The van der Waals surface area contributed by atoms with E-state index in [0.717, 1.165) is 5.82 Å². The Morgan fingerprint density at radius 3 is 2.71 bits per heavy atom. The van der Waals surface area contributed by atoms with Crippen LogP contribution in [0, 0.1) is 6.92 Å². The van der Waals surface area contributed by atoms with Gasteiger partial charge in [-0.15, -0.1) is 10.2 Å². The van der Waals surface area contributed by atoms with Crippen molar-refractivity contribution >= 4 is 23.2 Å². The quantitative estimate of drug-likeness (QED) is 0.747. The van der Waals surface area contributed by atoms with Crippen molar-refractivity contribution in [3.8, 4) is 5.82 Å². The van der Waals surface area contributed by atoms with E-state index in [4.69, 9.17) is 23.2 Å². The molecule has 2 heterocycles. The van der Waals surface area contributed by atoms with Gasteiger partial charge in [-0.1, -0.05) is 11.6 Å². The summed E-state index contributed by atoms with van der Waals surface area (Å²) in [6.45, 7) is 1.83. The Bertz CT molecular complexity index is 467. The Balaban J connectivity index is 2.62. The van der Waals surface area contributed by atoms with Crippen LogP contribution >= 0.6 is 23.2 Å². The van der Waals surface area contributed by atoms with Crippen LogP contribution in [0.3, 0.4) is 0 Å². The molecule has 2 aromatic rings. The highest BCUT2D eigenvalue weighted by atomic mass is 35.5. The molecular formula is C7H5Cl2N5. The molecule has 0 saturated heterocycles. The minimum absolute atomic E-state index is 0.0532. The molecule has 5 nitrogen and oxygen atoms in total. The molecule has 0 fully saturated rings. The van der Waals surface area contributed by atoms with Gasteiger partial charge in [-0.2, -0.15) is 4.98 Å². The standard InChI is InChI=1S/C7H5Cl2N5/c1-4-10-2-3-14(4)6-5(8)12-13-7(9)11-6/h2-3H,1H3. The number of halogens is 2. The minimum atomic E-state index is 0.0532. The fourth-order valence-electron chi connectivity index (χ4n) is 1.04. The summed E-state index contributed by atoms with van der Waals surface area (Å²) >= 11 is 11.4. The van der Waals surface area contributed by atoms with E-state index >= 15 is 0 Å². The van der Waals surface area contributed by atoms with Crippen LogP contribution in [0.2, 0.25) is 10.4 Å². The van der Waals surface area contributed by atoms with Crippen LogP contribution in [-0.4, -0.2) is 24.7 Å². The summed E-state index contributed by atoms with van der Waals surface area (Å²) in [7, 11) is 0. The van der Waals surface area contributed by atoms with E-state index in [1.54, 1.807) is 17.0 Å². The molecule has 2 aromatic heterocycles.